The van der Waals surface area contributed by atoms with Crippen molar-refractivity contribution >= 4 is 26.7 Å². The zero-order valence-corrected chi connectivity index (χ0v) is 17.7. The van der Waals surface area contributed by atoms with Crippen LogP contribution in [0, 0.1) is 18.6 Å². The third-order valence-corrected chi connectivity index (χ3v) is 6.69. The molecule has 0 aliphatic carbocycles. The molecule has 1 aromatic carbocycles. The highest BCUT2D eigenvalue weighted by Crippen LogP contribution is 2.25. The van der Waals surface area contributed by atoms with E-state index in [2.05, 4.69) is 9.97 Å². The van der Waals surface area contributed by atoms with Crippen LogP contribution in [0.25, 0.3) is 11.0 Å². The van der Waals surface area contributed by atoms with Crippen LogP contribution >= 0.6 is 0 Å². The maximum atomic E-state index is 13.8. The molecule has 0 unspecified atom stereocenters. The van der Waals surface area contributed by atoms with Gasteiger partial charge in [-0.25, -0.2) is 27.2 Å². The van der Waals surface area contributed by atoms with Gasteiger partial charge in [0.25, 0.3) is 0 Å². The average Bonchev–Trinajstić information content (AvgIpc) is 3.06. The summed E-state index contributed by atoms with van der Waals surface area (Å²) < 4.78 is 58.9. The number of pyridine rings is 1. The molecule has 2 N–H and O–H groups in total. The lowest BCUT2D eigenvalue weighted by molar-refractivity contribution is 0.199. The minimum Gasteiger partial charge on any atom is -0.384 e. The number of benzene rings is 1. The van der Waals surface area contributed by atoms with Crippen molar-refractivity contribution < 1.29 is 21.9 Å². The number of hydrogen-bond donors (Lipinski definition) is 1. The molecule has 10 heteroatoms. The topological polar surface area (TPSA) is 100 Å². The summed E-state index contributed by atoms with van der Waals surface area (Å²) in [4.78, 5) is 8.27. The summed E-state index contributed by atoms with van der Waals surface area (Å²) in [5.74, 6) is -1.01. The van der Waals surface area contributed by atoms with E-state index >= 15 is 0 Å². The number of aromatic nitrogens is 3. The first-order valence-electron chi connectivity index (χ1n) is 9.51. The quantitative estimate of drug-likeness (QED) is 0.407. The zero-order chi connectivity index (χ0) is 21.9. The molecule has 2 aromatic heterocycles. The summed E-state index contributed by atoms with van der Waals surface area (Å²) in [5.41, 5.74) is 8.37. The monoisotopic (exact) mass is 438 g/mol. The number of rotatable bonds is 9. The molecule has 0 bridgehead atoms. The molecule has 2 heterocycles. The maximum Gasteiger partial charge on any atom is 0.181 e. The summed E-state index contributed by atoms with van der Waals surface area (Å²) in [6.07, 6.45) is 3.08. The highest BCUT2D eigenvalue weighted by Gasteiger charge is 2.20. The molecule has 3 rings (SSSR count). The largest absolute Gasteiger partial charge is 0.384 e. The van der Waals surface area contributed by atoms with Crippen LogP contribution in [0.5, 0.6) is 0 Å². The minimum atomic E-state index is -3.85. The Morgan fingerprint density at radius 2 is 2.00 bits per heavy atom. The minimum absolute atomic E-state index is 0.238. The Balaban J connectivity index is 1.76. The summed E-state index contributed by atoms with van der Waals surface area (Å²) in [6.45, 7) is 2.91. The number of unbranched alkanes of at least 4 members (excludes halogenated alkanes) is 1. The van der Waals surface area contributed by atoms with Crippen molar-refractivity contribution in [1.82, 2.24) is 14.5 Å². The number of imidazole rings is 1. The average molecular weight is 439 g/mol. The SMILES string of the molecule is COCCc1nc2c(N)ncc(C)c2n1CCCCS(=O)(=O)c1ccc(F)cc1F. The van der Waals surface area contributed by atoms with Gasteiger partial charge in [-0.05, 0) is 37.5 Å². The van der Waals surface area contributed by atoms with Gasteiger partial charge in [0.15, 0.2) is 15.7 Å². The Hall–Kier alpha value is -2.59. The molecule has 0 aliphatic rings. The van der Waals surface area contributed by atoms with Gasteiger partial charge in [0.2, 0.25) is 0 Å². The van der Waals surface area contributed by atoms with Crippen molar-refractivity contribution in [2.24, 2.45) is 0 Å². The van der Waals surface area contributed by atoms with Gasteiger partial charge in [-0.1, -0.05) is 0 Å². The second-order valence-corrected chi connectivity index (χ2v) is 9.12. The second kappa shape index (κ2) is 9.05. The highest BCUT2D eigenvalue weighted by atomic mass is 32.2. The number of anilines is 1. The van der Waals surface area contributed by atoms with E-state index in [9.17, 15) is 17.2 Å². The molecule has 0 fully saturated rings. The van der Waals surface area contributed by atoms with Crippen molar-refractivity contribution in [1.29, 1.82) is 0 Å². The fraction of sp³-hybridized carbons (Fsp3) is 0.400. The standard InChI is InChI=1S/C20H24F2N4O3S/c1-13-12-24-20(23)18-19(13)26(17(25-18)7-9-29-2)8-3-4-10-30(27,28)16-6-5-14(21)11-15(16)22/h5-6,11-12H,3-4,7-10H2,1-2H3,(H2,23,24). The van der Waals surface area contributed by atoms with Crippen molar-refractivity contribution in [2.45, 2.75) is 37.6 Å². The van der Waals surface area contributed by atoms with Crippen LogP contribution in [0.3, 0.4) is 0 Å². The molecule has 0 spiro atoms. The lowest BCUT2D eigenvalue weighted by atomic mass is 10.2. The van der Waals surface area contributed by atoms with E-state index < -0.39 is 26.4 Å². The third kappa shape index (κ3) is 4.59. The Morgan fingerprint density at radius 1 is 1.23 bits per heavy atom. The number of sulfone groups is 1. The van der Waals surface area contributed by atoms with Crippen LogP contribution in [-0.4, -0.2) is 42.4 Å². The van der Waals surface area contributed by atoms with E-state index in [1.165, 1.54) is 0 Å². The lowest BCUT2D eigenvalue weighted by Gasteiger charge is -2.11. The normalized spacial score (nSPS) is 12.0. The van der Waals surface area contributed by atoms with Gasteiger partial charge in [-0.2, -0.15) is 0 Å². The molecule has 0 saturated carbocycles. The summed E-state index contributed by atoms with van der Waals surface area (Å²) in [6, 6.07) is 2.48. The molecule has 0 aliphatic heterocycles. The van der Waals surface area contributed by atoms with Crippen molar-refractivity contribution in [3.63, 3.8) is 0 Å². The van der Waals surface area contributed by atoms with Crippen LogP contribution in [0.15, 0.2) is 29.3 Å². The van der Waals surface area contributed by atoms with Crippen LogP contribution in [0.1, 0.15) is 24.2 Å². The van der Waals surface area contributed by atoms with Crippen molar-refractivity contribution in [2.75, 3.05) is 25.2 Å². The van der Waals surface area contributed by atoms with Gasteiger partial charge in [0.05, 0.1) is 17.9 Å². The Kier molecular flexibility index (Phi) is 6.67. The van der Waals surface area contributed by atoms with Crippen LogP contribution in [0.2, 0.25) is 0 Å². The number of nitrogens with zero attached hydrogens (tertiary/aromatic N) is 3. The van der Waals surface area contributed by atoms with E-state index in [0.717, 1.165) is 29.0 Å². The first kappa shape index (κ1) is 22.1. The molecule has 0 radical (unpaired) electrons. The van der Waals surface area contributed by atoms with Gasteiger partial charge in [0.1, 0.15) is 27.9 Å². The van der Waals surface area contributed by atoms with Gasteiger partial charge in [0, 0.05) is 32.3 Å². The maximum absolute atomic E-state index is 13.8. The van der Waals surface area contributed by atoms with E-state index in [4.69, 9.17) is 10.5 Å². The fourth-order valence-corrected chi connectivity index (χ4v) is 4.83. The van der Waals surface area contributed by atoms with Gasteiger partial charge in [-0.15, -0.1) is 0 Å². The summed E-state index contributed by atoms with van der Waals surface area (Å²) >= 11 is 0. The smallest absolute Gasteiger partial charge is 0.181 e. The van der Waals surface area contributed by atoms with Crippen molar-refractivity contribution in [3.05, 3.63) is 47.4 Å². The van der Waals surface area contributed by atoms with Gasteiger partial charge < -0.3 is 15.0 Å². The number of methoxy groups -OCH3 is 1. The number of nitrogens with two attached hydrogens (primary N) is 1. The number of halogens is 2. The van der Waals surface area contributed by atoms with Crippen LogP contribution in [-0.2, 0) is 27.5 Å². The number of aryl methyl sites for hydroxylation is 2. The van der Waals surface area contributed by atoms with E-state index in [0.29, 0.717) is 49.8 Å². The molecule has 3 aromatic rings. The molecule has 7 nitrogen and oxygen atoms in total. The summed E-state index contributed by atoms with van der Waals surface area (Å²) in [7, 11) is -2.24. The predicted molar refractivity (Wildman–Crippen MR) is 110 cm³/mol. The number of hydrogen-bond acceptors (Lipinski definition) is 6. The predicted octanol–water partition coefficient (Wildman–Crippen LogP) is 3.04. The van der Waals surface area contributed by atoms with Crippen molar-refractivity contribution in [3.8, 4) is 0 Å². The zero-order valence-electron chi connectivity index (χ0n) is 16.9. The Bertz CT molecular complexity index is 1160. The lowest BCUT2D eigenvalue weighted by Crippen LogP contribution is -2.12. The molecule has 162 valence electrons. The molecule has 30 heavy (non-hydrogen) atoms. The molecular weight excluding hydrogens is 414 g/mol. The van der Waals surface area contributed by atoms with E-state index in [1.54, 1.807) is 13.3 Å². The number of fused-ring (bicyclic) bond motifs is 1. The van der Waals surface area contributed by atoms with Crippen LogP contribution in [0.4, 0.5) is 14.6 Å². The molecule has 0 atom stereocenters. The Morgan fingerprint density at radius 3 is 2.70 bits per heavy atom. The molecular formula is C20H24F2N4O3S. The van der Waals surface area contributed by atoms with E-state index in [-0.39, 0.29) is 5.75 Å². The first-order chi connectivity index (χ1) is 14.2. The number of ether oxygens (including phenoxy) is 1. The Labute approximate surface area is 173 Å². The van der Waals surface area contributed by atoms with Gasteiger partial charge in [-0.3, -0.25) is 0 Å². The molecule has 0 saturated heterocycles. The van der Waals surface area contributed by atoms with Gasteiger partial charge >= 0.3 is 0 Å². The summed E-state index contributed by atoms with van der Waals surface area (Å²) in [5, 5.41) is 0. The second-order valence-electron chi connectivity index (χ2n) is 7.05. The fourth-order valence-electron chi connectivity index (χ4n) is 3.39. The first-order valence-corrected chi connectivity index (χ1v) is 11.2. The van der Waals surface area contributed by atoms with E-state index in [1.807, 2.05) is 11.5 Å². The number of nitrogen functional groups attached to an aromatic ring is 1. The molecule has 0 amide bonds. The third-order valence-electron chi connectivity index (χ3n) is 4.86. The van der Waals surface area contributed by atoms with Crippen LogP contribution < -0.4 is 5.73 Å². The highest BCUT2D eigenvalue weighted by molar-refractivity contribution is 7.91.